The van der Waals surface area contributed by atoms with Gasteiger partial charge in [-0.15, -0.1) is 0 Å². The molecule has 1 saturated carbocycles. The van der Waals surface area contributed by atoms with E-state index in [2.05, 4.69) is 33.2 Å². The van der Waals surface area contributed by atoms with Crippen molar-refractivity contribution in [1.82, 2.24) is 20.2 Å². The number of piperidine rings is 1. The summed E-state index contributed by atoms with van der Waals surface area (Å²) >= 11 is 0. The van der Waals surface area contributed by atoms with Crippen LogP contribution in [-0.2, 0) is 11.3 Å². The number of hydrogen-bond donors (Lipinski definition) is 2. The molecule has 0 radical (unpaired) electrons. The van der Waals surface area contributed by atoms with Gasteiger partial charge < -0.3 is 10.3 Å². The first-order valence-electron chi connectivity index (χ1n) is 9.59. The van der Waals surface area contributed by atoms with Gasteiger partial charge in [0.2, 0.25) is 5.91 Å². The van der Waals surface area contributed by atoms with Crippen LogP contribution >= 0.6 is 0 Å². The van der Waals surface area contributed by atoms with E-state index in [1.165, 1.54) is 12.8 Å². The van der Waals surface area contributed by atoms with E-state index in [1.54, 1.807) is 0 Å². The Balaban J connectivity index is 1.41. The lowest BCUT2D eigenvalue weighted by molar-refractivity contribution is -0.134. The number of nitrogens with zero attached hydrogens (tertiary/aromatic N) is 2. The molecule has 1 aliphatic heterocycles. The largest absolute Gasteiger partial charge is 0.353 e. The van der Waals surface area contributed by atoms with Gasteiger partial charge in [-0.25, -0.2) is 4.98 Å². The molecule has 2 aromatic rings. The number of aromatic nitrogens is 2. The minimum absolute atomic E-state index is 0.244. The summed E-state index contributed by atoms with van der Waals surface area (Å²) in [5.74, 6) is 1.23. The lowest BCUT2D eigenvalue weighted by Gasteiger charge is -2.39. The summed E-state index contributed by atoms with van der Waals surface area (Å²) < 4.78 is 0. The van der Waals surface area contributed by atoms with Crippen LogP contribution in [0.5, 0.6) is 0 Å². The first kappa shape index (κ1) is 16.6. The van der Waals surface area contributed by atoms with Crippen molar-refractivity contribution in [1.29, 1.82) is 0 Å². The van der Waals surface area contributed by atoms with Crippen molar-refractivity contribution in [2.45, 2.75) is 58.0 Å². The molecule has 2 fully saturated rings. The van der Waals surface area contributed by atoms with Gasteiger partial charge in [-0.05, 0) is 51.3 Å². The second-order valence-corrected chi connectivity index (χ2v) is 8.03. The number of nitrogens with one attached hydrogen (secondary N) is 2. The van der Waals surface area contributed by atoms with Crippen molar-refractivity contribution < 1.29 is 4.79 Å². The number of carbonyl (C=O) groups is 1. The molecule has 0 spiro atoms. The van der Waals surface area contributed by atoms with Crippen molar-refractivity contribution in [3.8, 4) is 0 Å². The van der Waals surface area contributed by atoms with Gasteiger partial charge in [0, 0.05) is 12.6 Å². The Morgan fingerprint density at radius 3 is 2.92 bits per heavy atom. The highest BCUT2D eigenvalue weighted by Crippen LogP contribution is 2.31. The molecule has 0 bridgehead atoms. The zero-order chi connectivity index (χ0) is 17.3. The van der Waals surface area contributed by atoms with Gasteiger partial charge in [-0.2, -0.15) is 0 Å². The average molecular weight is 340 g/mol. The molecular formula is C20H28N4O. The number of aromatic amines is 1. The SMILES string of the molecule is CC1(C(=O)NC2CCCC2)CCCN(Cc2nc3ccccc3[nH]2)C1. The predicted molar refractivity (Wildman–Crippen MR) is 99.1 cm³/mol. The highest BCUT2D eigenvalue weighted by Gasteiger charge is 2.38. The molecule has 1 aliphatic carbocycles. The number of amides is 1. The number of fused-ring (bicyclic) bond motifs is 1. The number of carbonyl (C=O) groups excluding carboxylic acids is 1. The van der Waals surface area contributed by atoms with Crippen molar-refractivity contribution >= 4 is 16.9 Å². The standard InChI is InChI=1S/C20H28N4O/c1-20(19(25)21-15-7-2-3-8-15)11-6-12-24(14-20)13-18-22-16-9-4-5-10-17(16)23-18/h4-5,9-10,15H,2-3,6-8,11-14H2,1H3,(H,21,25)(H,22,23). The zero-order valence-electron chi connectivity index (χ0n) is 15.1. The maximum absolute atomic E-state index is 12.9. The van der Waals surface area contributed by atoms with Gasteiger partial charge in [0.25, 0.3) is 0 Å². The van der Waals surface area contributed by atoms with Gasteiger partial charge in [-0.3, -0.25) is 9.69 Å². The third-order valence-corrected chi connectivity index (χ3v) is 5.83. The summed E-state index contributed by atoms with van der Waals surface area (Å²) in [6, 6.07) is 8.52. The maximum Gasteiger partial charge on any atom is 0.227 e. The zero-order valence-corrected chi connectivity index (χ0v) is 15.1. The van der Waals surface area contributed by atoms with E-state index >= 15 is 0 Å². The lowest BCUT2D eigenvalue weighted by Crippen LogP contribution is -2.51. The molecule has 1 aromatic carbocycles. The van der Waals surface area contributed by atoms with Crippen molar-refractivity contribution in [2.75, 3.05) is 13.1 Å². The quantitative estimate of drug-likeness (QED) is 0.898. The number of H-pyrrole nitrogens is 1. The van der Waals surface area contributed by atoms with Gasteiger partial charge in [0.05, 0.1) is 23.0 Å². The van der Waals surface area contributed by atoms with E-state index in [0.717, 1.165) is 62.2 Å². The summed E-state index contributed by atoms with van der Waals surface area (Å²) in [6.45, 7) is 4.75. The van der Waals surface area contributed by atoms with Gasteiger partial charge in [0.1, 0.15) is 5.82 Å². The number of imidazole rings is 1. The Morgan fingerprint density at radius 1 is 1.32 bits per heavy atom. The highest BCUT2D eigenvalue weighted by molar-refractivity contribution is 5.83. The molecule has 4 rings (SSSR count). The van der Waals surface area contributed by atoms with Crippen LogP contribution in [0.15, 0.2) is 24.3 Å². The molecule has 25 heavy (non-hydrogen) atoms. The van der Waals surface area contributed by atoms with E-state index in [0.29, 0.717) is 6.04 Å². The Morgan fingerprint density at radius 2 is 2.12 bits per heavy atom. The van der Waals surface area contributed by atoms with E-state index in [9.17, 15) is 4.79 Å². The number of benzene rings is 1. The molecule has 5 heteroatoms. The van der Waals surface area contributed by atoms with Crippen LogP contribution in [-0.4, -0.2) is 39.9 Å². The normalized spacial score (nSPS) is 25.5. The Kier molecular flexibility index (Phi) is 4.50. The number of rotatable bonds is 4. The fraction of sp³-hybridized carbons (Fsp3) is 0.600. The van der Waals surface area contributed by atoms with Crippen molar-refractivity contribution in [3.05, 3.63) is 30.1 Å². The number of likely N-dealkylation sites (tertiary alicyclic amines) is 1. The van der Waals surface area contributed by atoms with E-state index in [4.69, 9.17) is 0 Å². The summed E-state index contributed by atoms with van der Waals surface area (Å²) in [6.07, 6.45) is 6.83. The Hall–Kier alpha value is -1.88. The van der Waals surface area contributed by atoms with Crippen LogP contribution in [0.1, 0.15) is 51.3 Å². The van der Waals surface area contributed by atoms with Crippen molar-refractivity contribution in [2.24, 2.45) is 5.41 Å². The summed E-state index contributed by atoms with van der Waals surface area (Å²) in [7, 11) is 0. The minimum Gasteiger partial charge on any atom is -0.353 e. The number of hydrogen-bond acceptors (Lipinski definition) is 3. The maximum atomic E-state index is 12.9. The Bertz CT molecular complexity index is 716. The minimum atomic E-state index is -0.285. The molecule has 1 saturated heterocycles. The second-order valence-electron chi connectivity index (χ2n) is 8.03. The Labute approximate surface area is 149 Å². The molecule has 1 amide bonds. The van der Waals surface area contributed by atoms with E-state index in [-0.39, 0.29) is 11.3 Å². The smallest absolute Gasteiger partial charge is 0.227 e. The molecule has 2 heterocycles. The van der Waals surface area contributed by atoms with E-state index < -0.39 is 0 Å². The van der Waals surface area contributed by atoms with Crippen LogP contribution in [0, 0.1) is 5.41 Å². The second kappa shape index (κ2) is 6.79. The molecule has 1 aromatic heterocycles. The van der Waals surface area contributed by atoms with Crippen LogP contribution in [0.3, 0.4) is 0 Å². The third kappa shape index (κ3) is 3.56. The summed E-state index contributed by atoms with van der Waals surface area (Å²) in [5.41, 5.74) is 1.81. The first-order valence-corrected chi connectivity index (χ1v) is 9.59. The molecule has 2 aliphatic rings. The fourth-order valence-electron chi connectivity index (χ4n) is 4.39. The monoisotopic (exact) mass is 340 g/mol. The third-order valence-electron chi connectivity index (χ3n) is 5.83. The molecule has 1 atom stereocenters. The highest BCUT2D eigenvalue weighted by atomic mass is 16.2. The van der Waals surface area contributed by atoms with Crippen LogP contribution < -0.4 is 5.32 Å². The van der Waals surface area contributed by atoms with Gasteiger partial charge in [0.15, 0.2) is 0 Å². The fourth-order valence-corrected chi connectivity index (χ4v) is 4.39. The van der Waals surface area contributed by atoms with Crippen LogP contribution in [0.4, 0.5) is 0 Å². The topological polar surface area (TPSA) is 61.0 Å². The molecule has 2 N–H and O–H groups in total. The van der Waals surface area contributed by atoms with Crippen LogP contribution in [0.2, 0.25) is 0 Å². The molecule has 1 unspecified atom stereocenters. The van der Waals surface area contributed by atoms with Crippen LogP contribution in [0.25, 0.3) is 11.0 Å². The predicted octanol–water partition coefficient (Wildman–Crippen LogP) is 3.22. The van der Waals surface area contributed by atoms with Gasteiger partial charge >= 0.3 is 0 Å². The van der Waals surface area contributed by atoms with Gasteiger partial charge in [-0.1, -0.05) is 25.0 Å². The summed E-state index contributed by atoms with van der Waals surface area (Å²) in [4.78, 5) is 23.3. The summed E-state index contributed by atoms with van der Waals surface area (Å²) in [5, 5.41) is 3.31. The average Bonchev–Trinajstić information content (AvgIpc) is 3.23. The molecule has 5 nitrogen and oxygen atoms in total. The van der Waals surface area contributed by atoms with Crippen molar-refractivity contribution in [3.63, 3.8) is 0 Å². The molecule has 134 valence electrons. The number of para-hydroxylation sites is 2. The first-order chi connectivity index (χ1) is 12.1. The molecular weight excluding hydrogens is 312 g/mol. The lowest BCUT2D eigenvalue weighted by atomic mass is 9.80. The van der Waals surface area contributed by atoms with E-state index in [1.807, 2.05) is 18.2 Å².